The first-order valence-corrected chi connectivity index (χ1v) is 22.6. The van der Waals surface area contributed by atoms with Gasteiger partial charge in [0.25, 0.3) is 0 Å². The molecule has 6 rings (SSSR count). The number of carbonyl (C=O) groups is 4. The van der Waals surface area contributed by atoms with E-state index in [4.69, 9.17) is 23.7 Å². The van der Waals surface area contributed by atoms with Crippen LogP contribution in [0.3, 0.4) is 0 Å². The molecule has 0 saturated carbocycles. The first kappa shape index (κ1) is 48.7. The number of Topliss-reactive ketones (excluding diaryl/α,β-unsaturated/α-hetero) is 2. The number of para-hydroxylation sites is 1. The summed E-state index contributed by atoms with van der Waals surface area (Å²) in [5.74, 6) is -5.19. The predicted molar refractivity (Wildman–Crippen MR) is 241 cm³/mol. The highest BCUT2D eigenvalue weighted by Crippen LogP contribution is 2.41. The van der Waals surface area contributed by atoms with E-state index in [0.717, 1.165) is 27.6 Å². The molecule has 0 aliphatic carbocycles. The monoisotopic (exact) mass is 885 g/mol. The lowest BCUT2D eigenvalue weighted by atomic mass is 9.73. The molecule has 13 atom stereocenters. The van der Waals surface area contributed by atoms with Crippen LogP contribution in [0.25, 0.3) is 17.0 Å². The number of aromatic nitrogens is 1. The first-order chi connectivity index (χ1) is 30.2. The van der Waals surface area contributed by atoms with Gasteiger partial charge in [-0.05, 0) is 96.7 Å². The number of benzene rings is 2. The average Bonchev–Trinajstić information content (AvgIpc) is 3.59. The van der Waals surface area contributed by atoms with E-state index < -0.39 is 95.5 Å². The van der Waals surface area contributed by atoms with Crippen LogP contribution < -0.4 is 5.32 Å². The van der Waals surface area contributed by atoms with Gasteiger partial charge < -0.3 is 39.2 Å². The Kier molecular flexibility index (Phi) is 15.1. The van der Waals surface area contributed by atoms with Crippen LogP contribution in [0.15, 0.2) is 54.7 Å². The summed E-state index contributed by atoms with van der Waals surface area (Å²) in [4.78, 5) is 62.7. The number of aromatic hydroxyl groups is 1. The van der Waals surface area contributed by atoms with Gasteiger partial charge in [0.15, 0.2) is 17.7 Å². The van der Waals surface area contributed by atoms with Gasteiger partial charge in [0, 0.05) is 47.5 Å². The summed E-state index contributed by atoms with van der Waals surface area (Å²) in [5.41, 5.74) is 1.32. The third kappa shape index (κ3) is 10.1. The Labute approximate surface area is 377 Å². The molecule has 4 heterocycles. The van der Waals surface area contributed by atoms with Crippen LogP contribution in [-0.4, -0.2) is 111 Å². The fraction of sp³-hybridized carbons (Fsp3) is 0.580. The molecular weight excluding hydrogens is 819 g/mol. The highest BCUT2D eigenvalue weighted by molar-refractivity contribution is 6.00. The van der Waals surface area contributed by atoms with Crippen molar-refractivity contribution in [2.75, 3.05) is 13.7 Å². The van der Waals surface area contributed by atoms with Crippen molar-refractivity contribution in [3.8, 4) is 5.75 Å². The van der Waals surface area contributed by atoms with Crippen molar-refractivity contribution in [3.63, 3.8) is 0 Å². The van der Waals surface area contributed by atoms with Crippen molar-refractivity contribution in [3.05, 3.63) is 77.0 Å². The highest BCUT2D eigenvalue weighted by Gasteiger charge is 2.57. The molecule has 0 radical (unpaired) electrons. The number of esters is 1. The number of ketones is 2. The van der Waals surface area contributed by atoms with Crippen molar-refractivity contribution in [2.24, 2.45) is 23.7 Å². The topological polar surface area (TPSA) is 183 Å². The second-order valence-corrected chi connectivity index (χ2v) is 18.8. The molecule has 1 aromatic heterocycles. The van der Waals surface area contributed by atoms with Crippen LogP contribution in [-0.2, 0) is 44.6 Å². The standard InChI is InChI=1S/C50H67N3O11/c1-12-39-50(10)44(52-48(59)64-50)31(6)40(54)28(3)24-49(9,60-21-15-16-34-23-35-17-13-14-18-37(35)51-25-34)45(32(7)41(55)33(8)46(58)62-39)63-47-43(57)38(22-29(4)61-47)53(11)26-36-20-19-27(2)30(5)42(36)56/h13-20,23,25,28-29,31-33,38-39,43-45,47,56-57H,12,21-22,24,26H2,1-11H3,(H,52,59)/b16-15+/t28-,29-,31+,32+,33-,38+,39-,43-,44-,45-,47?,49+,50-/m1/s1. The van der Waals surface area contributed by atoms with Crippen LogP contribution in [0.1, 0.15) is 96.9 Å². The smallest absolute Gasteiger partial charge is 0.408 e. The lowest BCUT2D eigenvalue weighted by Crippen LogP contribution is -2.60. The molecule has 3 aliphatic heterocycles. The van der Waals surface area contributed by atoms with E-state index in [1.165, 1.54) is 6.92 Å². The van der Waals surface area contributed by atoms with Crippen molar-refractivity contribution in [1.29, 1.82) is 0 Å². The Morgan fingerprint density at radius 1 is 1.00 bits per heavy atom. The summed E-state index contributed by atoms with van der Waals surface area (Å²) < 4.78 is 31.9. The van der Waals surface area contributed by atoms with Crippen LogP contribution in [0, 0.1) is 37.5 Å². The predicted octanol–water partition coefficient (Wildman–Crippen LogP) is 7.00. The molecule has 348 valence electrons. The van der Waals surface area contributed by atoms with Gasteiger partial charge in [0.1, 0.15) is 29.7 Å². The molecule has 2 aromatic carbocycles. The third-order valence-electron chi connectivity index (χ3n) is 14.0. The van der Waals surface area contributed by atoms with Crippen molar-refractivity contribution < 1.29 is 53.1 Å². The second-order valence-electron chi connectivity index (χ2n) is 18.8. The van der Waals surface area contributed by atoms with Crippen LogP contribution in [0.2, 0.25) is 0 Å². The normalized spacial score (nSPS) is 34.4. The van der Waals surface area contributed by atoms with Crippen molar-refractivity contribution in [1.82, 2.24) is 15.2 Å². The van der Waals surface area contributed by atoms with Gasteiger partial charge in [-0.1, -0.05) is 70.2 Å². The SMILES string of the molecule is CC[C@H]1OC(=O)[C@H](C)C(=O)[C@H](C)[C@@H](OC2O[C@H](C)C[C@H](N(C)Cc3ccc(C)c(C)c3O)[C@H]2O)[C@@](C)(OC/C=C/c2cnc3ccccc3c2)C[C@@H](C)C(=O)[C@H](C)[C@H]2NC(=O)O[C@@]21C. The van der Waals surface area contributed by atoms with Crippen LogP contribution in [0.5, 0.6) is 5.75 Å². The molecule has 1 unspecified atom stereocenters. The zero-order chi connectivity index (χ0) is 46.8. The number of alkyl carbamates (subject to hydrolysis) is 1. The number of nitrogens with one attached hydrogen (secondary N) is 1. The Morgan fingerprint density at radius 3 is 2.44 bits per heavy atom. The van der Waals surface area contributed by atoms with E-state index in [0.29, 0.717) is 18.5 Å². The van der Waals surface area contributed by atoms with Gasteiger partial charge in [-0.15, -0.1) is 0 Å². The molecule has 1 amide bonds. The number of carbonyl (C=O) groups excluding carboxylic acids is 4. The quantitative estimate of drug-likeness (QED) is 0.140. The van der Waals surface area contributed by atoms with Gasteiger partial charge in [0.05, 0.1) is 36.0 Å². The number of rotatable bonds is 10. The van der Waals surface area contributed by atoms with Crippen molar-refractivity contribution >= 4 is 40.6 Å². The Hall–Kier alpha value is -4.73. The van der Waals surface area contributed by atoms with E-state index in [2.05, 4.69) is 10.3 Å². The van der Waals surface area contributed by atoms with E-state index in [1.54, 1.807) is 47.7 Å². The number of phenolic OH excluding ortho intramolecular Hbond substituents is 1. The fourth-order valence-electron chi connectivity index (χ4n) is 10.0. The summed E-state index contributed by atoms with van der Waals surface area (Å²) in [6, 6.07) is 12.3. The molecule has 3 aliphatic rings. The van der Waals surface area contributed by atoms with Gasteiger partial charge in [-0.25, -0.2) is 4.79 Å². The van der Waals surface area contributed by atoms with E-state index in [9.17, 15) is 29.4 Å². The number of aliphatic hydroxyl groups excluding tert-OH is 1. The van der Waals surface area contributed by atoms with Crippen LogP contribution >= 0.6 is 0 Å². The molecule has 64 heavy (non-hydrogen) atoms. The maximum absolute atomic E-state index is 14.7. The Balaban J connectivity index is 1.38. The number of aryl methyl sites for hydroxylation is 1. The lowest BCUT2D eigenvalue weighted by molar-refractivity contribution is -0.297. The fourth-order valence-corrected chi connectivity index (χ4v) is 10.0. The Morgan fingerprint density at radius 2 is 1.72 bits per heavy atom. The average molecular weight is 886 g/mol. The van der Waals surface area contributed by atoms with E-state index in [-0.39, 0.29) is 31.0 Å². The molecule has 3 aromatic rings. The van der Waals surface area contributed by atoms with Crippen LogP contribution in [0.4, 0.5) is 4.79 Å². The molecular formula is C50H67N3O11. The number of likely N-dealkylation sites (N-methyl/N-ethyl adjacent to an activating group) is 1. The largest absolute Gasteiger partial charge is 0.507 e. The maximum Gasteiger partial charge on any atom is 0.408 e. The summed E-state index contributed by atoms with van der Waals surface area (Å²) >= 11 is 0. The number of fused-ring (bicyclic) bond motifs is 2. The molecule has 14 heteroatoms. The van der Waals surface area contributed by atoms with E-state index >= 15 is 0 Å². The zero-order valence-electron chi connectivity index (χ0n) is 39.1. The maximum atomic E-state index is 14.7. The van der Waals surface area contributed by atoms with E-state index in [1.807, 2.05) is 87.3 Å². The summed E-state index contributed by atoms with van der Waals surface area (Å²) in [6.45, 7) is 17.9. The molecule has 3 N–H and O–H groups in total. The first-order valence-electron chi connectivity index (χ1n) is 22.6. The number of phenols is 1. The molecule has 0 spiro atoms. The highest BCUT2D eigenvalue weighted by atomic mass is 16.7. The summed E-state index contributed by atoms with van der Waals surface area (Å²) in [6.07, 6.45) is 0.408. The van der Waals surface area contributed by atoms with Crippen molar-refractivity contribution in [2.45, 2.75) is 149 Å². The molecule has 14 nitrogen and oxygen atoms in total. The summed E-state index contributed by atoms with van der Waals surface area (Å²) in [5, 5.41) is 26.9. The van der Waals surface area contributed by atoms with Gasteiger partial charge in [-0.3, -0.25) is 24.3 Å². The minimum Gasteiger partial charge on any atom is -0.507 e. The number of hydrogen-bond acceptors (Lipinski definition) is 13. The minimum atomic E-state index is -1.43. The Bertz CT molecular complexity index is 2230. The number of cyclic esters (lactones) is 1. The zero-order valence-corrected chi connectivity index (χ0v) is 39.1. The number of amides is 1. The van der Waals surface area contributed by atoms with Gasteiger partial charge in [-0.2, -0.15) is 0 Å². The third-order valence-corrected chi connectivity index (χ3v) is 14.0. The molecule has 0 bridgehead atoms. The number of ether oxygens (including phenoxy) is 5. The number of aliphatic hydroxyl groups is 1. The molecule has 3 fully saturated rings. The number of pyridine rings is 1. The molecule has 3 saturated heterocycles. The minimum absolute atomic E-state index is 0.0240. The second kappa shape index (κ2) is 19.8. The lowest BCUT2D eigenvalue weighted by Gasteiger charge is -2.47. The van der Waals surface area contributed by atoms with Gasteiger partial charge >= 0.3 is 12.1 Å². The number of nitrogens with zero attached hydrogens (tertiary/aromatic N) is 2. The summed E-state index contributed by atoms with van der Waals surface area (Å²) in [7, 11) is 1.87. The number of hydrogen-bond donors (Lipinski definition) is 3. The van der Waals surface area contributed by atoms with Gasteiger partial charge in [0.2, 0.25) is 0 Å².